The van der Waals surface area contributed by atoms with Crippen LogP contribution < -0.4 is 15.1 Å². The van der Waals surface area contributed by atoms with Gasteiger partial charge in [0.15, 0.2) is 5.82 Å². The number of nitrogens with one attached hydrogen (secondary N) is 1. The molecular formula is C25H31F3N8O. The number of aromatic nitrogens is 5. The zero-order chi connectivity index (χ0) is 26.9. The van der Waals surface area contributed by atoms with Gasteiger partial charge in [0.2, 0.25) is 0 Å². The lowest BCUT2D eigenvalue weighted by Crippen LogP contribution is -2.27. The Labute approximate surface area is 213 Å². The summed E-state index contributed by atoms with van der Waals surface area (Å²) in [6, 6.07) is 6.21. The molecule has 3 aromatic rings. The third-order valence-corrected chi connectivity index (χ3v) is 6.61. The van der Waals surface area contributed by atoms with Crippen LogP contribution in [-0.4, -0.2) is 57.0 Å². The molecule has 0 radical (unpaired) electrons. The molecule has 0 saturated carbocycles. The number of carbonyl (C=O) groups is 1. The average molecular weight is 517 g/mol. The van der Waals surface area contributed by atoms with Crippen molar-refractivity contribution in [3.05, 3.63) is 47.4 Å². The molecule has 0 bridgehead atoms. The van der Waals surface area contributed by atoms with Gasteiger partial charge in [-0.05, 0) is 45.5 Å². The number of rotatable bonds is 9. The van der Waals surface area contributed by atoms with Crippen LogP contribution in [0.25, 0.3) is 11.5 Å². The molecule has 0 aliphatic carbocycles. The first-order valence-electron chi connectivity index (χ1n) is 12.2. The molecule has 37 heavy (non-hydrogen) atoms. The number of hydrogen-bond donors (Lipinski definition) is 1. The number of halogens is 3. The first-order chi connectivity index (χ1) is 17.5. The minimum Gasteiger partial charge on any atom is -0.357 e. The second-order valence-corrected chi connectivity index (χ2v) is 9.40. The second kappa shape index (κ2) is 10.4. The summed E-state index contributed by atoms with van der Waals surface area (Å²) in [7, 11) is 3.76. The summed E-state index contributed by atoms with van der Waals surface area (Å²) in [6.07, 6.45) is -3.78. The van der Waals surface area contributed by atoms with Crippen molar-refractivity contribution in [2.75, 3.05) is 23.9 Å². The van der Waals surface area contributed by atoms with Crippen molar-refractivity contribution in [3.63, 3.8) is 0 Å². The fourth-order valence-electron chi connectivity index (χ4n) is 4.39. The van der Waals surface area contributed by atoms with Gasteiger partial charge in [0.25, 0.3) is 5.91 Å². The number of carbonyl (C=O) groups excluding carboxylic acids is 1. The van der Waals surface area contributed by atoms with Crippen LogP contribution in [0.15, 0.2) is 30.6 Å². The van der Waals surface area contributed by atoms with E-state index in [0.29, 0.717) is 36.0 Å². The molecule has 0 fully saturated rings. The van der Waals surface area contributed by atoms with Gasteiger partial charge in [0.05, 0.1) is 24.2 Å². The highest BCUT2D eigenvalue weighted by Gasteiger charge is 2.35. The van der Waals surface area contributed by atoms with Crippen molar-refractivity contribution in [1.29, 1.82) is 0 Å². The summed E-state index contributed by atoms with van der Waals surface area (Å²) in [5.41, 5.74) is 2.52. The van der Waals surface area contributed by atoms with E-state index in [4.69, 9.17) is 4.98 Å². The highest BCUT2D eigenvalue weighted by molar-refractivity contribution is 6.10. The number of hydrogen-bond acceptors (Lipinski definition) is 7. The Morgan fingerprint density at radius 3 is 2.62 bits per heavy atom. The number of nitrogens with zero attached hydrogens (tertiary/aromatic N) is 7. The summed E-state index contributed by atoms with van der Waals surface area (Å²) in [4.78, 5) is 26.5. The van der Waals surface area contributed by atoms with Crippen LogP contribution in [0, 0.1) is 0 Å². The molecule has 9 nitrogen and oxygen atoms in total. The molecule has 0 saturated heterocycles. The van der Waals surface area contributed by atoms with Crippen LogP contribution in [0.3, 0.4) is 0 Å². The molecule has 1 aliphatic rings. The quantitative estimate of drug-likeness (QED) is 0.452. The van der Waals surface area contributed by atoms with E-state index in [1.54, 1.807) is 36.1 Å². The van der Waals surface area contributed by atoms with Gasteiger partial charge in [-0.25, -0.2) is 9.97 Å². The van der Waals surface area contributed by atoms with Crippen LogP contribution in [0.4, 0.5) is 24.8 Å². The van der Waals surface area contributed by atoms with Gasteiger partial charge in [-0.3, -0.25) is 9.69 Å². The van der Waals surface area contributed by atoms with E-state index in [2.05, 4.69) is 20.5 Å². The van der Waals surface area contributed by atoms with E-state index in [1.807, 2.05) is 32.8 Å². The fourth-order valence-corrected chi connectivity index (χ4v) is 4.39. The van der Waals surface area contributed by atoms with Gasteiger partial charge in [-0.15, -0.1) is 10.2 Å². The normalized spacial score (nSPS) is 14.4. The fraction of sp³-hybridized carbons (Fsp3) is 0.480. The Kier molecular flexibility index (Phi) is 7.49. The van der Waals surface area contributed by atoms with E-state index < -0.39 is 18.6 Å². The van der Waals surface area contributed by atoms with E-state index in [-0.39, 0.29) is 24.2 Å². The molecule has 1 atom stereocenters. The van der Waals surface area contributed by atoms with E-state index in [0.717, 1.165) is 11.3 Å². The number of amides is 1. The number of fused-ring (bicyclic) bond motifs is 1. The largest absolute Gasteiger partial charge is 0.391 e. The summed E-state index contributed by atoms with van der Waals surface area (Å²) in [5, 5.41) is 11.0. The summed E-state index contributed by atoms with van der Waals surface area (Å²) in [5.74, 6) is 1.11. The lowest BCUT2D eigenvalue weighted by atomic mass is 10.1. The van der Waals surface area contributed by atoms with E-state index in [1.165, 1.54) is 10.9 Å². The van der Waals surface area contributed by atoms with Gasteiger partial charge < -0.3 is 14.8 Å². The van der Waals surface area contributed by atoms with Gasteiger partial charge in [0, 0.05) is 31.2 Å². The van der Waals surface area contributed by atoms with Gasteiger partial charge in [-0.1, -0.05) is 13.0 Å². The maximum absolute atomic E-state index is 13.5. The second-order valence-electron chi connectivity index (χ2n) is 9.40. The zero-order valence-electron chi connectivity index (χ0n) is 21.5. The molecule has 3 aromatic heterocycles. The van der Waals surface area contributed by atoms with Crippen LogP contribution in [0.2, 0.25) is 0 Å². The lowest BCUT2D eigenvalue weighted by molar-refractivity contribution is -0.143. The number of anilines is 2. The Morgan fingerprint density at radius 1 is 1.22 bits per heavy atom. The Bertz CT molecular complexity index is 1270. The minimum absolute atomic E-state index is 0.195. The van der Waals surface area contributed by atoms with Gasteiger partial charge in [0.1, 0.15) is 23.7 Å². The molecule has 0 spiro atoms. The topological polar surface area (TPSA) is 92.1 Å². The average Bonchev–Trinajstić information content (AvgIpc) is 3.47. The first kappa shape index (κ1) is 26.5. The van der Waals surface area contributed by atoms with Crippen molar-refractivity contribution in [2.24, 2.45) is 0 Å². The summed E-state index contributed by atoms with van der Waals surface area (Å²) < 4.78 is 40.8. The summed E-state index contributed by atoms with van der Waals surface area (Å²) >= 11 is 0. The van der Waals surface area contributed by atoms with Crippen LogP contribution in [0.5, 0.6) is 0 Å². The van der Waals surface area contributed by atoms with Crippen molar-refractivity contribution in [1.82, 2.24) is 30.0 Å². The lowest BCUT2D eigenvalue weighted by Gasteiger charge is -2.24. The third kappa shape index (κ3) is 5.43. The Hall–Kier alpha value is -3.54. The van der Waals surface area contributed by atoms with Crippen molar-refractivity contribution >= 4 is 17.5 Å². The molecule has 12 heteroatoms. The van der Waals surface area contributed by atoms with Gasteiger partial charge >= 0.3 is 6.18 Å². The molecule has 0 aromatic carbocycles. The van der Waals surface area contributed by atoms with E-state index >= 15 is 0 Å². The Balaban J connectivity index is 1.69. The monoisotopic (exact) mass is 516 g/mol. The molecule has 1 N–H and O–H groups in total. The maximum Gasteiger partial charge on any atom is 0.391 e. The summed E-state index contributed by atoms with van der Waals surface area (Å²) in [6.45, 7) is 6.57. The van der Waals surface area contributed by atoms with Crippen LogP contribution in [-0.2, 0) is 13.1 Å². The number of alkyl halides is 3. The van der Waals surface area contributed by atoms with Crippen molar-refractivity contribution in [3.8, 4) is 11.5 Å². The van der Waals surface area contributed by atoms with E-state index in [9.17, 15) is 18.0 Å². The predicted octanol–water partition coefficient (Wildman–Crippen LogP) is 4.36. The highest BCUT2D eigenvalue weighted by Crippen LogP contribution is 2.34. The predicted molar refractivity (Wildman–Crippen MR) is 134 cm³/mol. The zero-order valence-corrected chi connectivity index (χ0v) is 21.5. The third-order valence-electron chi connectivity index (χ3n) is 6.61. The Morgan fingerprint density at radius 2 is 1.97 bits per heavy atom. The molecule has 4 rings (SSSR count). The van der Waals surface area contributed by atoms with Crippen molar-refractivity contribution in [2.45, 2.75) is 65.0 Å². The number of pyridine rings is 2. The van der Waals surface area contributed by atoms with Crippen molar-refractivity contribution < 1.29 is 18.0 Å². The SMILES string of the molecule is CC[C@H](CC(F)(F)F)n1cnnc1-c1cccc(N2Cc3c(cc(N(C)C(C)C)nc3CNC)C2=O)n1. The smallest absolute Gasteiger partial charge is 0.357 e. The molecular weight excluding hydrogens is 485 g/mol. The first-order valence-corrected chi connectivity index (χ1v) is 12.2. The van der Waals surface area contributed by atoms with Gasteiger partial charge in [-0.2, -0.15) is 13.2 Å². The standard InChI is InChI=1S/C25H31F3N8O/c1-6-16(11-25(26,27)28)36-14-30-33-23(36)19-8-7-9-21(31-19)35-13-18-17(24(35)37)10-22(34(5)15(2)3)32-20(18)12-29-4/h7-10,14-16,29H,6,11-13H2,1-5H3/t16-/m1/s1. The minimum atomic E-state index is -4.33. The van der Waals surface area contributed by atoms with Crippen LogP contribution in [0.1, 0.15) is 61.3 Å². The van der Waals surface area contributed by atoms with Crippen LogP contribution >= 0.6 is 0 Å². The maximum atomic E-state index is 13.5. The molecule has 1 amide bonds. The molecule has 0 unspecified atom stereocenters. The molecule has 1 aliphatic heterocycles. The molecule has 4 heterocycles. The highest BCUT2D eigenvalue weighted by atomic mass is 19.4. The molecule has 198 valence electrons.